The zero-order valence-corrected chi connectivity index (χ0v) is 17.3. The van der Waals surface area contributed by atoms with Crippen molar-refractivity contribution in [3.8, 4) is 11.1 Å². The molecule has 0 bridgehead atoms. The van der Waals surface area contributed by atoms with Crippen LogP contribution in [0.3, 0.4) is 0 Å². The van der Waals surface area contributed by atoms with E-state index in [1.54, 1.807) is 36.7 Å². The number of imidazole rings is 1. The molecule has 2 aromatic heterocycles. The Hall–Kier alpha value is -2.91. The SMILES string of the molecule is Cc1c(-c2cccc(N=O)c2)cc2n1[C@@H](Cc1cncn1SN(C)C)CNC2=O. The number of nitroso groups, excluding NO2 is 1. The van der Waals surface area contributed by atoms with E-state index >= 15 is 0 Å². The van der Waals surface area contributed by atoms with Crippen LogP contribution in [0.25, 0.3) is 11.1 Å². The van der Waals surface area contributed by atoms with Gasteiger partial charge >= 0.3 is 0 Å². The average Bonchev–Trinajstić information content (AvgIpc) is 3.28. The first kappa shape index (κ1) is 19.4. The molecule has 0 fully saturated rings. The van der Waals surface area contributed by atoms with Crippen LogP contribution in [0.4, 0.5) is 5.69 Å². The second-order valence-corrected chi connectivity index (χ2v) is 8.50. The molecule has 3 heterocycles. The molecule has 8 nitrogen and oxygen atoms in total. The van der Waals surface area contributed by atoms with Gasteiger partial charge in [-0.25, -0.2) is 9.29 Å². The van der Waals surface area contributed by atoms with Crippen molar-refractivity contribution in [2.45, 2.75) is 19.4 Å². The Balaban J connectivity index is 1.72. The van der Waals surface area contributed by atoms with Gasteiger partial charge in [-0.15, -0.1) is 4.91 Å². The number of amides is 1. The summed E-state index contributed by atoms with van der Waals surface area (Å²) < 4.78 is 6.15. The second kappa shape index (κ2) is 7.84. The Kier molecular flexibility index (Phi) is 5.25. The summed E-state index contributed by atoms with van der Waals surface area (Å²) in [5.41, 5.74) is 4.89. The highest BCUT2D eigenvalue weighted by Crippen LogP contribution is 2.34. The first-order valence-corrected chi connectivity index (χ1v) is 10.0. The number of hydrogen-bond donors (Lipinski definition) is 1. The molecular formula is C20H22N6O2S. The molecule has 1 aromatic carbocycles. The minimum atomic E-state index is -0.0866. The molecule has 1 N–H and O–H groups in total. The molecule has 9 heteroatoms. The Labute approximate surface area is 173 Å². The van der Waals surface area contributed by atoms with E-state index in [-0.39, 0.29) is 11.9 Å². The Morgan fingerprint density at radius 1 is 1.34 bits per heavy atom. The van der Waals surface area contributed by atoms with Gasteiger partial charge in [-0.1, -0.05) is 12.1 Å². The highest BCUT2D eigenvalue weighted by molar-refractivity contribution is 7.95. The third-order valence-electron chi connectivity index (χ3n) is 5.02. The van der Waals surface area contributed by atoms with E-state index in [2.05, 4.69) is 20.0 Å². The van der Waals surface area contributed by atoms with E-state index in [0.717, 1.165) is 28.9 Å². The minimum Gasteiger partial charge on any atom is -0.349 e. The monoisotopic (exact) mass is 410 g/mol. The first-order valence-electron chi connectivity index (χ1n) is 9.28. The van der Waals surface area contributed by atoms with Crippen LogP contribution in [0.5, 0.6) is 0 Å². The lowest BCUT2D eigenvalue weighted by Gasteiger charge is -2.28. The summed E-state index contributed by atoms with van der Waals surface area (Å²) >= 11 is 1.56. The molecule has 1 atom stereocenters. The molecule has 0 unspecified atom stereocenters. The van der Waals surface area contributed by atoms with Crippen molar-refractivity contribution < 1.29 is 4.79 Å². The molecule has 0 spiro atoms. The van der Waals surface area contributed by atoms with Gasteiger partial charge in [0.2, 0.25) is 0 Å². The lowest BCUT2D eigenvalue weighted by atomic mass is 10.1. The molecule has 29 heavy (non-hydrogen) atoms. The van der Waals surface area contributed by atoms with Crippen molar-refractivity contribution in [1.29, 1.82) is 0 Å². The average molecular weight is 411 g/mol. The van der Waals surface area contributed by atoms with E-state index in [4.69, 9.17) is 0 Å². The van der Waals surface area contributed by atoms with Crippen LogP contribution in [-0.2, 0) is 6.42 Å². The maximum absolute atomic E-state index is 12.5. The molecule has 3 aromatic rings. The molecule has 1 aliphatic rings. The lowest BCUT2D eigenvalue weighted by molar-refractivity contribution is 0.0913. The molecule has 150 valence electrons. The normalized spacial score (nSPS) is 16.0. The maximum atomic E-state index is 12.5. The number of carbonyl (C=O) groups is 1. The van der Waals surface area contributed by atoms with Gasteiger partial charge in [0.1, 0.15) is 17.7 Å². The fourth-order valence-electron chi connectivity index (χ4n) is 3.79. The van der Waals surface area contributed by atoms with Gasteiger partial charge < -0.3 is 9.88 Å². The van der Waals surface area contributed by atoms with E-state index in [1.807, 2.05) is 47.6 Å². The van der Waals surface area contributed by atoms with Gasteiger partial charge in [-0.3, -0.25) is 8.77 Å². The topological polar surface area (TPSA) is 84.5 Å². The van der Waals surface area contributed by atoms with Crippen molar-refractivity contribution in [2.75, 3.05) is 20.6 Å². The van der Waals surface area contributed by atoms with Crippen LogP contribution in [0, 0.1) is 11.8 Å². The van der Waals surface area contributed by atoms with Crippen LogP contribution in [0.2, 0.25) is 0 Å². The molecule has 0 radical (unpaired) electrons. The maximum Gasteiger partial charge on any atom is 0.268 e. The summed E-state index contributed by atoms with van der Waals surface area (Å²) in [6.45, 7) is 2.56. The molecule has 1 aliphatic heterocycles. The summed E-state index contributed by atoms with van der Waals surface area (Å²) in [5.74, 6) is -0.0866. The van der Waals surface area contributed by atoms with Crippen molar-refractivity contribution >= 4 is 23.7 Å². The van der Waals surface area contributed by atoms with Crippen LogP contribution in [0.15, 0.2) is 48.0 Å². The van der Waals surface area contributed by atoms with Crippen LogP contribution >= 0.6 is 12.1 Å². The minimum absolute atomic E-state index is 0.0713. The lowest BCUT2D eigenvalue weighted by Crippen LogP contribution is -2.40. The third kappa shape index (κ3) is 3.70. The van der Waals surface area contributed by atoms with E-state index in [0.29, 0.717) is 17.9 Å². The first-order chi connectivity index (χ1) is 14.0. The number of fused-ring (bicyclic) bond motifs is 1. The Bertz CT molecular complexity index is 1070. The van der Waals surface area contributed by atoms with Gasteiger partial charge in [0.05, 0.1) is 11.7 Å². The Morgan fingerprint density at radius 2 is 2.17 bits per heavy atom. The molecule has 0 aliphatic carbocycles. The molecule has 0 saturated carbocycles. The highest BCUT2D eigenvalue weighted by atomic mass is 32.2. The summed E-state index contributed by atoms with van der Waals surface area (Å²) in [6, 6.07) is 9.11. The predicted molar refractivity (Wildman–Crippen MR) is 114 cm³/mol. The summed E-state index contributed by atoms with van der Waals surface area (Å²) in [4.78, 5) is 27.7. The number of benzene rings is 1. The fraction of sp³-hybridized carbons (Fsp3) is 0.300. The number of carbonyl (C=O) groups excluding carboxylic acids is 1. The largest absolute Gasteiger partial charge is 0.349 e. The van der Waals surface area contributed by atoms with Crippen molar-refractivity contribution in [3.63, 3.8) is 0 Å². The van der Waals surface area contributed by atoms with Gasteiger partial charge in [0.15, 0.2) is 0 Å². The standard InChI is InChI=1S/C20H22N6O2S/c1-13-18(14-5-4-6-15(7-14)23-28)9-19-20(27)22-11-17(26(13)19)8-16-10-21-12-25(16)29-24(2)3/h4-7,9-10,12,17H,8,11H2,1-3H3,(H,22,27)/t17-/m0/s1. The van der Waals surface area contributed by atoms with Crippen LogP contribution in [-0.4, -0.2) is 44.4 Å². The van der Waals surface area contributed by atoms with Gasteiger partial charge in [-0.2, -0.15) is 0 Å². The quantitative estimate of drug-likeness (QED) is 0.496. The van der Waals surface area contributed by atoms with Crippen molar-refractivity contribution in [1.82, 2.24) is 23.1 Å². The molecular weight excluding hydrogens is 388 g/mol. The van der Waals surface area contributed by atoms with Crippen LogP contribution < -0.4 is 5.32 Å². The number of aromatic nitrogens is 3. The second-order valence-electron chi connectivity index (χ2n) is 7.21. The number of nitrogens with zero attached hydrogens (tertiary/aromatic N) is 5. The van der Waals surface area contributed by atoms with Crippen LogP contribution in [0.1, 0.15) is 27.9 Å². The van der Waals surface area contributed by atoms with Gasteiger partial charge in [0.25, 0.3) is 5.91 Å². The fourth-order valence-corrected chi connectivity index (χ4v) is 4.46. The zero-order chi connectivity index (χ0) is 20.5. The Morgan fingerprint density at radius 3 is 2.93 bits per heavy atom. The van der Waals surface area contributed by atoms with Gasteiger partial charge in [-0.05, 0) is 50.0 Å². The summed E-state index contributed by atoms with van der Waals surface area (Å²) in [5, 5.41) is 6.03. The summed E-state index contributed by atoms with van der Waals surface area (Å²) in [7, 11) is 3.97. The third-order valence-corrected chi connectivity index (χ3v) is 5.86. The van der Waals surface area contributed by atoms with E-state index < -0.39 is 0 Å². The molecule has 1 amide bonds. The predicted octanol–water partition coefficient (Wildman–Crippen LogP) is 3.56. The summed E-state index contributed by atoms with van der Waals surface area (Å²) in [6.07, 6.45) is 4.40. The number of nitrogens with one attached hydrogen (secondary N) is 1. The number of hydrogen-bond acceptors (Lipinski definition) is 6. The van der Waals surface area contributed by atoms with Crippen molar-refractivity contribution in [3.05, 3.63) is 64.8 Å². The van der Waals surface area contributed by atoms with Gasteiger partial charge in [0, 0.05) is 42.6 Å². The highest BCUT2D eigenvalue weighted by Gasteiger charge is 2.29. The number of rotatable bonds is 6. The van der Waals surface area contributed by atoms with E-state index in [1.165, 1.54) is 0 Å². The molecule has 4 rings (SSSR count). The van der Waals surface area contributed by atoms with Crippen molar-refractivity contribution in [2.24, 2.45) is 5.18 Å². The smallest absolute Gasteiger partial charge is 0.268 e. The zero-order valence-electron chi connectivity index (χ0n) is 16.5. The van der Waals surface area contributed by atoms with E-state index in [9.17, 15) is 9.70 Å². The molecule has 0 saturated heterocycles.